The van der Waals surface area contributed by atoms with E-state index < -0.39 is 0 Å². The molecule has 0 unspecified atom stereocenters. The lowest BCUT2D eigenvalue weighted by Crippen LogP contribution is -2.57. The number of amides is 1. The molecular formula is C21H31N5O6. The molecule has 3 aliphatic rings. The topological polar surface area (TPSA) is 148 Å². The lowest BCUT2D eigenvalue weighted by atomic mass is 9.84. The quantitative estimate of drug-likeness (QED) is 0.468. The molecule has 3 fully saturated rings. The van der Waals surface area contributed by atoms with Crippen molar-refractivity contribution in [3.05, 3.63) is 23.9 Å². The summed E-state index contributed by atoms with van der Waals surface area (Å²) in [6.45, 7) is 4.23. The van der Waals surface area contributed by atoms with Gasteiger partial charge in [-0.1, -0.05) is 0 Å². The Morgan fingerprint density at radius 3 is 2.50 bits per heavy atom. The van der Waals surface area contributed by atoms with Crippen LogP contribution in [0.15, 0.2) is 18.2 Å². The van der Waals surface area contributed by atoms with Gasteiger partial charge in [-0.3, -0.25) is 19.5 Å². The number of aromatic nitrogens is 2. The average Bonchev–Trinajstić information content (AvgIpc) is 3.19. The maximum absolute atomic E-state index is 12.8. The number of piperidine rings is 3. The van der Waals surface area contributed by atoms with E-state index in [2.05, 4.69) is 25.3 Å². The molecule has 1 aromatic carbocycles. The van der Waals surface area contributed by atoms with E-state index in [4.69, 9.17) is 24.5 Å². The highest BCUT2D eigenvalue weighted by atomic mass is 16.5. The fraction of sp³-hybridized carbons (Fsp3) is 0.524. The first-order valence-electron chi connectivity index (χ1n) is 10.4. The summed E-state index contributed by atoms with van der Waals surface area (Å²) < 4.78 is 5.80. The number of rotatable bonds is 6. The number of hydrogen-bond donors (Lipinski definition) is 4. The zero-order valence-corrected chi connectivity index (χ0v) is 18.4. The second-order valence-electron chi connectivity index (χ2n) is 7.86. The Morgan fingerprint density at radius 1 is 1.28 bits per heavy atom. The maximum Gasteiger partial charge on any atom is 0.290 e. The van der Waals surface area contributed by atoms with Crippen molar-refractivity contribution in [2.75, 3.05) is 46.9 Å². The van der Waals surface area contributed by atoms with Gasteiger partial charge < -0.3 is 30.1 Å². The number of benzene rings is 1. The van der Waals surface area contributed by atoms with Gasteiger partial charge in [0.05, 0.1) is 5.52 Å². The van der Waals surface area contributed by atoms with Crippen molar-refractivity contribution in [2.45, 2.75) is 18.9 Å². The summed E-state index contributed by atoms with van der Waals surface area (Å²) in [5, 5.41) is 25.0. The summed E-state index contributed by atoms with van der Waals surface area (Å²) in [6, 6.07) is 5.96. The number of fused-ring (bicyclic) bond motifs is 4. The third kappa shape index (κ3) is 6.92. The van der Waals surface area contributed by atoms with E-state index in [1.54, 1.807) is 0 Å². The molecule has 32 heavy (non-hydrogen) atoms. The SMILES string of the molecule is CN(C)CCOc1ccc2[nH]nc(C(=O)N[C@@H]3CN4CCC3CC4)c2c1.O=CO.O=CO. The number of carbonyl (C=O) groups excluding carboxylic acids is 1. The lowest BCUT2D eigenvalue weighted by molar-refractivity contribution is -0.123. The normalized spacial score (nSPS) is 21.0. The Bertz CT molecular complexity index is 873. The van der Waals surface area contributed by atoms with Crippen molar-refractivity contribution in [3.63, 3.8) is 0 Å². The Labute approximate surface area is 186 Å². The summed E-state index contributed by atoms with van der Waals surface area (Å²) in [5.74, 6) is 1.26. The van der Waals surface area contributed by atoms with Gasteiger partial charge in [0.25, 0.3) is 18.9 Å². The zero-order chi connectivity index (χ0) is 23.5. The van der Waals surface area contributed by atoms with Gasteiger partial charge in [0.1, 0.15) is 12.4 Å². The number of hydrogen-bond acceptors (Lipinski definition) is 7. The molecule has 0 spiro atoms. The molecule has 11 heteroatoms. The van der Waals surface area contributed by atoms with Gasteiger partial charge in [0, 0.05) is 24.5 Å². The highest BCUT2D eigenvalue weighted by Crippen LogP contribution is 2.28. The van der Waals surface area contributed by atoms with Crippen LogP contribution in [-0.2, 0) is 9.59 Å². The van der Waals surface area contributed by atoms with Gasteiger partial charge in [-0.2, -0.15) is 5.10 Å². The predicted molar refractivity (Wildman–Crippen MR) is 118 cm³/mol. The van der Waals surface area contributed by atoms with Crippen molar-refractivity contribution in [2.24, 2.45) is 5.92 Å². The monoisotopic (exact) mass is 449 g/mol. The number of H-pyrrole nitrogens is 1. The first kappa shape index (κ1) is 25.1. The fourth-order valence-electron chi connectivity index (χ4n) is 3.97. The van der Waals surface area contributed by atoms with Crippen LogP contribution < -0.4 is 10.1 Å². The first-order chi connectivity index (χ1) is 15.4. The van der Waals surface area contributed by atoms with Crippen molar-refractivity contribution in [1.29, 1.82) is 0 Å². The van der Waals surface area contributed by atoms with E-state index in [0.717, 1.165) is 42.8 Å². The number of nitrogens with one attached hydrogen (secondary N) is 2. The molecule has 4 N–H and O–H groups in total. The largest absolute Gasteiger partial charge is 0.492 e. The van der Waals surface area contributed by atoms with Gasteiger partial charge in [-0.25, -0.2) is 0 Å². The molecule has 5 rings (SSSR count). The van der Waals surface area contributed by atoms with Gasteiger partial charge >= 0.3 is 0 Å². The Balaban J connectivity index is 0.000000547. The molecule has 3 aliphatic heterocycles. The number of likely N-dealkylation sites (N-methyl/N-ethyl adjacent to an activating group) is 1. The molecule has 176 valence electrons. The zero-order valence-electron chi connectivity index (χ0n) is 18.4. The minimum absolute atomic E-state index is 0.0968. The van der Waals surface area contributed by atoms with Crippen LogP contribution in [0.3, 0.4) is 0 Å². The van der Waals surface area contributed by atoms with Gasteiger partial charge in [-0.05, 0) is 64.1 Å². The number of nitrogens with zero attached hydrogens (tertiary/aromatic N) is 3. The second-order valence-corrected chi connectivity index (χ2v) is 7.86. The van der Waals surface area contributed by atoms with E-state index in [0.29, 0.717) is 18.2 Å². The summed E-state index contributed by atoms with van der Waals surface area (Å²) >= 11 is 0. The number of ether oxygens (including phenoxy) is 1. The van der Waals surface area contributed by atoms with Crippen molar-refractivity contribution in [1.82, 2.24) is 25.3 Å². The molecule has 0 saturated carbocycles. The standard InChI is InChI=1S/C19H27N5O2.2CH2O2/c1-23(2)9-10-26-14-3-4-16-15(11-14)18(22-21-16)19(25)20-17-12-24-7-5-13(17)6-8-24;2*2-1-3/h3-4,11,13,17H,5-10,12H2,1-2H3,(H,20,25)(H,21,22);2*1H,(H,2,3)/t17-;;/m1../s1. The van der Waals surface area contributed by atoms with Gasteiger partial charge in [0.2, 0.25) is 0 Å². The van der Waals surface area contributed by atoms with E-state index in [1.165, 1.54) is 12.8 Å². The highest BCUT2D eigenvalue weighted by molar-refractivity contribution is 6.05. The van der Waals surface area contributed by atoms with Crippen LogP contribution in [0.2, 0.25) is 0 Å². The van der Waals surface area contributed by atoms with Crippen molar-refractivity contribution in [3.8, 4) is 5.75 Å². The summed E-state index contributed by atoms with van der Waals surface area (Å²) in [7, 11) is 4.03. The maximum atomic E-state index is 12.8. The van der Waals surface area contributed by atoms with E-state index in [-0.39, 0.29) is 24.9 Å². The smallest absolute Gasteiger partial charge is 0.290 e. The van der Waals surface area contributed by atoms with Crippen LogP contribution in [0.5, 0.6) is 5.75 Å². The molecule has 0 aliphatic carbocycles. The third-order valence-corrected chi connectivity index (χ3v) is 5.53. The molecule has 1 atom stereocenters. The minimum Gasteiger partial charge on any atom is -0.492 e. The molecular weight excluding hydrogens is 418 g/mol. The van der Waals surface area contributed by atoms with E-state index in [1.807, 2.05) is 32.3 Å². The first-order valence-corrected chi connectivity index (χ1v) is 10.4. The summed E-state index contributed by atoms with van der Waals surface area (Å²) in [4.78, 5) is 34.0. The van der Waals surface area contributed by atoms with Gasteiger partial charge in [0.15, 0.2) is 5.69 Å². The molecule has 1 amide bonds. The molecule has 0 radical (unpaired) electrons. The highest BCUT2D eigenvalue weighted by Gasteiger charge is 2.35. The third-order valence-electron chi connectivity index (χ3n) is 5.53. The van der Waals surface area contributed by atoms with Crippen LogP contribution in [0.1, 0.15) is 23.3 Å². The fourth-order valence-corrected chi connectivity index (χ4v) is 3.97. The second kappa shape index (κ2) is 12.6. The Kier molecular flexibility index (Phi) is 9.89. The molecule has 2 bridgehead atoms. The number of aromatic amines is 1. The van der Waals surface area contributed by atoms with Crippen LogP contribution in [0.25, 0.3) is 10.9 Å². The van der Waals surface area contributed by atoms with E-state index >= 15 is 0 Å². The van der Waals surface area contributed by atoms with Crippen molar-refractivity contribution < 1.29 is 29.3 Å². The molecule has 3 saturated heterocycles. The molecule has 2 aromatic rings. The molecule has 1 aromatic heterocycles. The molecule has 11 nitrogen and oxygen atoms in total. The van der Waals surface area contributed by atoms with Crippen LogP contribution >= 0.6 is 0 Å². The Hall–Kier alpha value is -3.18. The summed E-state index contributed by atoms with van der Waals surface area (Å²) in [6.07, 6.45) is 2.35. The minimum atomic E-state index is -0.250. The summed E-state index contributed by atoms with van der Waals surface area (Å²) in [5.41, 5.74) is 1.30. The lowest BCUT2D eigenvalue weighted by Gasteiger charge is -2.44. The average molecular weight is 450 g/mol. The van der Waals surface area contributed by atoms with Gasteiger partial charge in [-0.15, -0.1) is 0 Å². The predicted octanol–water partition coefficient (Wildman–Crippen LogP) is 0.729. The van der Waals surface area contributed by atoms with Crippen LogP contribution in [0, 0.1) is 5.92 Å². The van der Waals surface area contributed by atoms with Crippen LogP contribution in [-0.4, -0.2) is 102 Å². The number of carboxylic acid groups (broad SMARTS) is 2. The Morgan fingerprint density at radius 2 is 1.94 bits per heavy atom. The number of carbonyl (C=O) groups is 3. The molecule has 4 heterocycles. The van der Waals surface area contributed by atoms with Crippen molar-refractivity contribution >= 4 is 29.8 Å². The van der Waals surface area contributed by atoms with Crippen LogP contribution in [0.4, 0.5) is 0 Å². The van der Waals surface area contributed by atoms with E-state index in [9.17, 15) is 4.79 Å².